The first-order valence-corrected chi connectivity index (χ1v) is 10.0. The van der Waals surface area contributed by atoms with E-state index in [9.17, 15) is 9.59 Å². The van der Waals surface area contributed by atoms with Gasteiger partial charge in [0.2, 0.25) is 0 Å². The van der Waals surface area contributed by atoms with Gasteiger partial charge < -0.3 is 15.2 Å². The van der Waals surface area contributed by atoms with Crippen LogP contribution in [0.25, 0.3) is 0 Å². The van der Waals surface area contributed by atoms with Crippen molar-refractivity contribution in [2.75, 3.05) is 19.7 Å². The number of carboxylic acid groups (broad SMARTS) is 1. The summed E-state index contributed by atoms with van der Waals surface area (Å²) in [6.45, 7) is 5.47. The van der Waals surface area contributed by atoms with Gasteiger partial charge in [0, 0.05) is 24.2 Å². The van der Waals surface area contributed by atoms with Crippen LogP contribution in [0.5, 0.6) is 5.75 Å². The van der Waals surface area contributed by atoms with Gasteiger partial charge in [-0.25, -0.2) is 0 Å². The molecule has 2 aliphatic carbocycles. The van der Waals surface area contributed by atoms with Crippen molar-refractivity contribution in [1.82, 2.24) is 10.2 Å². The number of allylic oxidation sites excluding steroid dienone is 1. The zero-order chi connectivity index (χ0) is 20.1. The Bertz CT molecular complexity index is 732. The van der Waals surface area contributed by atoms with Crippen LogP contribution in [0.1, 0.15) is 49.9 Å². The molecule has 0 aromatic heterocycles. The van der Waals surface area contributed by atoms with Crippen molar-refractivity contribution < 1.29 is 19.4 Å². The second kappa shape index (κ2) is 9.24. The summed E-state index contributed by atoms with van der Waals surface area (Å²) in [5.41, 5.74) is 1.77. The zero-order valence-corrected chi connectivity index (χ0v) is 16.7. The van der Waals surface area contributed by atoms with Crippen LogP contribution >= 0.6 is 0 Å². The number of carbonyl (C=O) groups is 2. The van der Waals surface area contributed by atoms with Crippen molar-refractivity contribution in [3.05, 3.63) is 41.5 Å². The van der Waals surface area contributed by atoms with Crippen LogP contribution in [0.3, 0.4) is 0 Å². The van der Waals surface area contributed by atoms with Crippen LogP contribution in [-0.2, 0) is 4.79 Å². The van der Waals surface area contributed by atoms with Crippen LogP contribution in [-0.4, -0.2) is 53.7 Å². The highest BCUT2D eigenvalue weighted by Gasteiger charge is 2.37. The molecule has 0 aliphatic heterocycles. The van der Waals surface area contributed by atoms with Gasteiger partial charge in [0.1, 0.15) is 12.4 Å². The Kier molecular flexibility index (Phi) is 6.73. The second-order valence-corrected chi connectivity index (χ2v) is 8.18. The third-order valence-corrected chi connectivity index (χ3v) is 5.33. The standard InChI is InChI=1S/C22H30N2O4/c1-15(2)8-9-28-20-5-3-4-17(10-20)22(27)23-18-11-19(12-18)24(14-21(25)26)13-16-6-7-16/h3-5,8,10,16,18-19H,6-7,9,11-14H2,1-2H3,(H,23,27)(H,25,26). The lowest BCUT2D eigenvalue weighted by Crippen LogP contribution is -2.55. The van der Waals surface area contributed by atoms with E-state index in [1.54, 1.807) is 12.1 Å². The fourth-order valence-corrected chi connectivity index (χ4v) is 3.45. The highest BCUT2D eigenvalue weighted by atomic mass is 16.5. The van der Waals surface area contributed by atoms with Crippen molar-refractivity contribution in [1.29, 1.82) is 0 Å². The Morgan fingerprint density at radius 3 is 2.68 bits per heavy atom. The molecule has 0 spiro atoms. The zero-order valence-electron chi connectivity index (χ0n) is 16.7. The van der Waals surface area contributed by atoms with Gasteiger partial charge in [0.05, 0.1) is 6.54 Å². The monoisotopic (exact) mass is 386 g/mol. The summed E-state index contributed by atoms with van der Waals surface area (Å²) in [5.74, 6) is 0.442. The molecule has 0 saturated heterocycles. The number of aliphatic carboxylic acids is 1. The summed E-state index contributed by atoms with van der Waals surface area (Å²) in [4.78, 5) is 25.7. The summed E-state index contributed by atoms with van der Waals surface area (Å²) in [7, 11) is 0. The average Bonchev–Trinajstić information content (AvgIpc) is 3.40. The van der Waals surface area contributed by atoms with Gasteiger partial charge in [0.25, 0.3) is 5.91 Å². The smallest absolute Gasteiger partial charge is 0.317 e. The van der Waals surface area contributed by atoms with Crippen LogP contribution in [0.15, 0.2) is 35.9 Å². The average molecular weight is 386 g/mol. The molecule has 2 fully saturated rings. The van der Waals surface area contributed by atoms with Crippen LogP contribution in [0.4, 0.5) is 0 Å². The number of hydrogen-bond donors (Lipinski definition) is 2. The molecule has 2 N–H and O–H groups in total. The highest BCUT2D eigenvalue weighted by Crippen LogP contribution is 2.33. The van der Waals surface area contributed by atoms with E-state index in [1.807, 2.05) is 32.1 Å². The maximum absolute atomic E-state index is 12.5. The topological polar surface area (TPSA) is 78.9 Å². The van der Waals surface area contributed by atoms with E-state index in [2.05, 4.69) is 10.2 Å². The van der Waals surface area contributed by atoms with E-state index in [-0.39, 0.29) is 24.5 Å². The van der Waals surface area contributed by atoms with Gasteiger partial charge in [-0.15, -0.1) is 0 Å². The SMILES string of the molecule is CC(C)=CCOc1cccc(C(=O)NC2CC(N(CC(=O)O)CC3CC3)C2)c1. The first-order valence-electron chi connectivity index (χ1n) is 10.0. The highest BCUT2D eigenvalue weighted by molar-refractivity contribution is 5.94. The van der Waals surface area contributed by atoms with Gasteiger partial charge in [-0.1, -0.05) is 11.6 Å². The number of nitrogens with one attached hydrogen (secondary N) is 1. The summed E-state index contributed by atoms with van der Waals surface area (Å²) in [5, 5.41) is 12.2. The minimum absolute atomic E-state index is 0.0902. The molecule has 0 bridgehead atoms. The maximum atomic E-state index is 12.5. The summed E-state index contributed by atoms with van der Waals surface area (Å²) in [6.07, 6.45) is 6.01. The molecule has 2 saturated carbocycles. The van der Waals surface area contributed by atoms with Crippen LogP contribution < -0.4 is 10.1 Å². The molecule has 0 unspecified atom stereocenters. The van der Waals surface area contributed by atoms with Gasteiger partial charge in [-0.2, -0.15) is 0 Å². The first kappa shape index (κ1) is 20.4. The lowest BCUT2D eigenvalue weighted by molar-refractivity contribution is -0.139. The molecular formula is C22H30N2O4. The molecule has 1 amide bonds. The third kappa shape index (κ3) is 6.09. The molecule has 6 nitrogen and oxygen atoms in total. The van der Waals surface area contributed by atoms with Crippen molar-refractivity contribution in [3.63, 3.8) is 0 Å². The Morgan fingerprint density at radius 2 is 2.04 bits per heavy atom. The molecular weight excluding hydrogens is 356 g/mol. The molecule has 2 aliphatic rings. The van der Waals surface area contributed by atoms with E-state index < -0.39 is 5.97 Å². The molecule has 1 aromatic rings. The lowest BCUT2D eigenvalue weighted by atomic mass is 9.85. The van der Waals surface area contributed by atoms with Gasteiger partial charge in [0.15, 0.2) is 0 Å². The van der Waals surface area contributed by atoms with Gasteiger partial charge in [-0.05, 0) is 69.7 Å². The molecule has 1 aromatic carbocycles. The Hall–Kier alpha value is -2.34. The Labute approximate surface area is 166 Å². The van der Waals surface area contributed by atoms with Crippen molar-refractivity contribution in [3.8, 4) is 5.75 Å². The number of ether oxygens (including phenoxy) is 1. The molecule has 3 rings (SSSR count). The maximum Gasteiger partial charge on any atom is 0.317 e. The van der Waals surface area contributed by atoms with Crippen molar-refractivity contribution in [2.24, 2.45) is 5.92 Å². The van der Waals surface area contributed by atoms with Crippen molar-refractivity contribution in [2.45, 2.75) is 51.6 Å². The number of carbonyl (C=O) groups excluding carboxylic acids is 1. The minimum Gasteiger partial charge on any atom is -0.490 e. The van der Waals surface area contributed by atoms with Crippen LogP contribution in [0.2, 0.25) is 0 Å². The molecule has 28 heavy (non-hydrogen) atoms. The van der Waals surface area contributed by atoms with Gasteiger partial charge >= 0.3 is 5.97 Å². The van der Waals surface area contributed by atoms with E-state index >= 15 is 0 Å². The van der Waals surface area contributed by atoms with Crippen LogP contribution in [0, 0.1) is 5.92 Å². The lowest BCUT2D eigenvalue weighted by Gasteiger charge is -2.42. The fraction of sp³-hybridized carbons (Fsp3) is 0.545. The van der Waals surface area contributed by atoms with E-state index in [0.717, 1.165) is 19.4 Å². The third-order valence-electron chi connectivity index (χ3n) is 5.33. The first-order chi connectivity index (χ1) is 13.4. The molecule has 6 heteroatoms. The molecule has 0 heterocycles. The number of amides is 1. The van der Waals surface area contributed by atoms with E-state index in [4.69, 9.17) is 9.84 Å². The Balaban J connectivity index is 1.47. The molecule has 152 valence electrons. The minimum atomic E-state index is -0.780. The molecule has 0 atom stereocenters. The fourth-order valence-electron chi connectivity index (χ4n) is 3.45. The number of carboxylic acids is 1. The van der Waals surface area contributed by atoms with Crippen molar-refractivity contribution >= 4 is 11.9 Å². The molecule has 0 radical (unpaired) electrons. The quantitative estimate of drug-likeness (QED) is 0.604. The second-order valence-electron chi connectivity index (χ2n) is 8.18. The number of hydrogen-bond acceptors (Lipinski definition) is 4. The number of nitrogens with zero attached hydrogens (tertiary/aromatic N) is 1. The summed E-state index contributed by atoms with van der Waals surface area (Å²) < 4.78 is 5.66. The van der Waals surface area contributed by atoms with E-state index in [1.165, 1.54) is 18.4 Å². The van der Waals surface area contributed by atoms with E-state index in [0.29, 0.717) is 23.8 Å². The number of benzene rings is 1. The van der Waals surface area contributed by atoms with Gasteiger partial charge in [-0.3, -0.25) is 14.5 Å². The predicted octanol–water partition coefficient (Wildman–Crippen LogP) is 3.09. The normalized spacial score (nSPS) is 21.0. The summed E-state index contributed by atoms with van der Waals surface area (Å²) >= 11 is 0. The predicted molar refractivity (Wildman–Crippen MR) is 108 cm³/mol. The largest absolute Gasteiger partial charge is 0.490 e. The summed E-state index contributed by atoms with van der Waals surface area (Å²) in [6, 6.07) is 7.55. The Morgan fingerprint density at radius 1 is 1.29 bits per heavy atom. The number of rotatable bonds is 10.